The van der Waals surface area contributed by atoms with Gasteiger partial charge in [0.2, 0.25) is 0 Å². The highest BCUT2D eigenvalue weighted by molar-refractivity contribution is 5.55. The zero-order valence-corrected chi connectivity index (χ0v) is 6.63. The van der Waals surface area contributed by atoms with Crippen molar-refractivity contribution in [2.45, 2.75) is 32.3 Å². The average Bonchev–Trinajstić information content (AvgIpc) is 1.88. The molecule has 3 N–H and O–H groups in total. The number of rotatable bonds is 0. The quantitative estimate of drug-likeness (QED) is 0.508. The summed E-state index contributed by atoms with van der Waals surface area (Å²) in [6, 6.07) is 0. The van der Waals surface area contributed by atoms with Crippen molar-refractivity contribution >= 4 is 5.94 Å². The second kappa shape index (κ2) is 4.29. The molecule has 0 spiro atoms. The fraction of sp³-hybridized carbons (Fsp3) is 0.750. The molecule has 0 saturated heterocycles. The van der Waals surface area contributed by atoms with Crippen molar-refractivity contribution in [3.8, 4) is 0 Å². The van der Waals surface area contributed by atoms with Crippen LogP contribution in [-0.4, -0.2) is 22.6 Å². The van der Waals surface area contributed by atoms with Gasteiger partial charge in [0.15, 0.2) is 0 Å². The number of aliphatic hydroxyl groups is 1. The summed E-state index contributed by atoms with van der Waals surface area (Å²) in [5, 5.41) is 9.24. The zero-order chi connectivity index (χ0) is 7.56. The molecule has 1 aliphatic rings. The lowest BCUT2D eigenvalue weighted by molar-refractivity contribution is 0.165. The van der Waals surface area contributed by atoms with Gasteiger partial charge in [-0.2, -0.15) is 0 Å². The predicted molar refractivity (Wildman–Crippen MR) is 41.8 cm³/mol. The molecule has 2 unspecified atom stereocenters. The van der Waals surface area contributed by atoms with Crippen LogP contribution in [0.2, 0.25) is 0 Å². The molecule has 0 heterocycles. The highest BCUT2D eigenvalue weighted by Crippen LogP contribution is 2.26. The Morgan fingerprint density at radius 2 is 2.18 bits per heavy atom. The normalized spacial score (nSPS) is 30.5. The number of carbonyl (C=O) groups excluding carboxylic acids is 1. The van der Waals surface area contributed by atoms with E-state index in [0.717, 1.165) is 19.3 Å². The van der Waals surface area contributed by atoms with E-state index in [4.69, 9.17) is 0 Å². The summed E-state index contributed by atoms with van der Waals surface area (Å²) in [5.74, 6) is 2.06. The van der Waals surface area contributed by atoms with Crippen LogP contribution in [0, 0.1) is 5.92 Å². The van der Waals surface area contributed by atoms with Crippen LogP contribution < -0.4 is 0 Å². The van der Waals surface area contributed by atoms with Crippen LogP contribution in [0.4, 0.5) is 0 Å². The topological polar surface area (TPSA) is 68.8 Å². The monoisotopic (exact) mass is 158 g/mol. The van der Waals surface area contributed by atoms with Gasteiger partial charge in [0.05, 0.1) is 6.10 Å². The summed E-state index contributed by atoms with van der Waals surface area (Å²) in [5.41, 5.74) is 0.561. The molecular formula is C8H14O3. The van der Waals surface area contributed by atoms with Crippen molar-refractivity contribution in [3.63, 3.8) is 0 Å². The van der Waals surface area contributed by atoms with Gasteiger partial charge in [0, 0.05) is 5.57 Å². The molecule has 1 aliphatic carbocycles. The molecule has 0 amide bonds. The van der Waals surface area contributed by atoms with E-state index in [2.05, 4.69) is 0 Å². The minimum atomic E-state index is -0.513. The third kappa shape index (κ3) is 2.15. The Morgan fingerprint density at radius 3 is 2.55 bits per heavy atom. The number of hydrogen-bond donors (Lipinski definition) is 1. The first-order valence-corrected chi connectivity index (χ1v) is 3.68. The third-order valence-corrected chi connectivity index (χ3v) is 2.12. The van der Waals surface area contributed by atoms with E-state index in [0.29, 0.717) is 5.57 Å². The van der Waals surface area contributed by atoms with Crippen LogP contribution in [-0.2, 0) is 4.79 Å². The van der Waals surface area contributed by atoms with Gasteiger partial charge < -0.3 is 10.6 Å². The molecule has 1 fully saturated rings. The minimum Gasteiger partial charge on any atom is -0.412 e. The van der Waals surface area contributed by atoms with E-state index >= 15 is 0 Å². The molecule has 11 heavy (non-hydrogen) atoms. The molecule has 3 nitrogen and oxygen atoms in total. The lowest BCUT2D eigenvalue weighted by Crippen LogP contribution is -2.21. The zero-order valence-electron chi connectivity index (χ0n) is 6.63. The Bertz CT molecular complexity index is 158. The van der Waals surface area contributed by atoms with Gasteiger partial charge in [-0.25, -0.2) is 4.79 Å². The molecule has 0 aromatic heterocycles. The van der Waals surface area contributed by atoms with Gasteiger partial charge in [0.1, 0.15) is 5.94 Å². The summed E-state index contributed by atoms with van der Waals surface area (Å²) < 4.78 is 0. The maximum absolute atomic E-state index is 10.3. The van der Waals surface area contributed by atoms with Gasteiger partial charge in [-0.05, 0) is 25.2 Å². The van der Waals surface area contributed by atoms with E-state index in [-0.39, 0.29) is 11.4 Å². The highest BCUT2D eigenvalue weighted by Gasteiger charge is 2.23. The lowest BCUT2D eigenvalue weighted by Gasteiger charge is -2.23. The summed E-state index contributed by atoms with van der Waals surface area (Å²) in [6.07, 6.45) is 2.26. The van der Waals surface area contributed by atoms with Crippen molar-refractivity contribution in [2.24, 2.45) is 5.92 Å². The van der Waals surface area contributed by atoms with Gasteiger partial charge in [0.25, 0.3) is 0 Å². The molecule has 0 aliphatic heterocycles. The fourth-order valence-electron chi connectivity index (χ4n) is 1.43. The maximum Gasteiger partial charge on any atom is 0.126 e. The van der Waals surface area contributed by atoms with Crippen LogP contribution in [0.15, 0.2) is 5.57 Å². The first-order chi connectivity index (χ1) is 4.75. The summed E-state index contributed by atoms with van der Waals surface area (Å²) in [7, 11) is 0. The van der Waals surface area contributed by atoms with Crippen molar-refractivity contribution in [3.05, 3.63) is 5.57 Å². The van der Waals surface area contributed by atoms with Crippen molar-refractivity contribution in [1.29, 1.82) is 0 Å². The second-order valence-electron chi connectivity index (χ2n) is 2.91. The smallest absolute Gasteiger partial charge is 0.126 e. The van der Waals surface area contributed by atoms with E-state index in [9.17, 15) is 9.90 Å². The molecule has 0 radical (unpaired) electrons. The van der Waals surface area contributed by atoms with Crippen LogP contribution >= 0.6 is 0 Å². The molecular weight excluding hydrogens is 144 g/mol. The van der Waals surface area contributed by atoms with Gasteiger partial charge in [-0.1, -0.05) is 6.92 Å². The van der Waals surface area contributed by atoms with Crippen molar-refractivity contribution in [2.75, 3.05) is 0 Å². The third-order valence-electron chi connectivity index (χ3n) is 2.12. The Labute approximate surface area is 66.0 Å². The second-order valence-corrected chi connectivity index (χ2v) is 2.91. The standard InChI is InChI=1S/C8H12O2.H2O/c1-6-3-2-4-8(10)7(6)5-9;/h6,8,10H,2-4H2,1H3;1H2. The summed E-state index contributed by atoms with van der Waals surface area (Å²) in [4.78, 5) is 10.3. The van der Waals surface area contributed by atoms with Crippen LogP contribution in [0.3, 0.4) is 0 Å². The molecule has 0 bridgehead atoms. The van der Waals surface area contributed by atoms with Crippen LogP contribution in [0.5, 0.6) is 0 Å². The molecule has 1 saturated carbocycles. The Morgan fingerprint density at radius 1 is 1.55 bits per heavy atom. The fourth-order valence-corrected chi connectivity index (χ4v) is 1.43. The average molecular weight is 158 g/mol. The first-order valence-electron chi connectivity index (χ1n) is 3.68. The Kier molecular flexibility index (Phi) is 4.04. The first kappa shape index (κ1) is 10.4. The Balaban J connectivity index is 0.000001000. The summed E-state index contributed by atoms with van der Waals surface area (Å²) in [6.45, 7) is 1.96. The van der Waals surface area contributed by atoms with Crippen molar-refractivity contribution in [1.82, 2.24) is 0 Å². The molecule has 64 valence electrons. The number of hydrogen-bond acceptors (Lipinski definition) is 2. The van der Waals surface area contributed by atoms with E-state index in [1.165, 1.54) is 0 Å². The van der Waals surface area contributed by atoms with Gasteiger partial charge >= 0.3 is 0 Å². The van der Waals surface area contributed by atoms with Crippen LogP contribution in [0.25, 0.3) is 0 Å². The minimum absolute atomic E-state index is 0. The summed E-state index contributed by atoms with van der Waals surface area (Å²) >= 11 is 0. The SMILES string of the molecule is CC1CCCC(O)C1=C=O.O. The highest BCUT2D eigenvalue weighted by atomic mass is 16.3. The van der Waals surface area contributed by atoms with E-state index < -0.39 is 6.10 Å². The predicted octanol–water partition coefficient (Wildman–Crippen LogP) is 0.101. The maximum atomic E-state index is 10.3. The molecule has 2 atom stereocenters. The van der Waals surface area contributed by atoms with E-state index in [1.807, 2.05) is 12.9 Å². The molecule has 1 rings (SSSR count). The van der Waals surface area contributed by atoms with Crippen molar-refractivity contribution < 1.29 is 15.4 Å². The molecule has 0 aromatic rings. The lowest BCUT2D eigenvalue weighted by atomic mass is 9.84. The largest absolute Gasteiger partial charge is 0.412 e. The molecule has 3 heteroatoms. The molecule has 0 aromatic carbocycles. The van der Waals surface area contributed by atoms with Crippen LogP contribution in [0.1, 0.15) is 26.2 Å². The van der Waals surface area contributed by atoms with Gasteiger partial charge in [-0.3, -0.25) is 0 Å². The van der Waals surface area contributed by atoms with Gasteiger partial charge in [-0.15, -0.1) is 0 Å². The number of aliphatic hydroxyl groups excluding tert-OH is 1. The Hall–Kier alpha value is -0.630. The van der Waals surface area contributed by atoms with E-state index in [1.54, 1.807) is 0 Å².